The van der Waals surface area contributed by atoms with E-state index in [1.54, 1.807) is 0 Å². The van der Waals surface area contributed by atoms with Crippen LogP contribution < -0.4 is 0 Å². The molecular formula is C18H26. The molecule has 0 radical (unpaired) electrons. The lowest BCUT2D eigenvalue weighted by Gasteiger charge is -2.01. The van der Waals surface area contributed by atoms with Crippen molar-refractivity contribution in [2.75, 3.05) is 0 Å². The van der Waals surface area contributed by atoms with Gasteiger partial charge in [0.15, 0.2) is 0 Å². The van der Waals surface area contributed by atoms with Gasteiger partial charge >= 0.3 is 0 Å². The molecule has 0 unspecified atom stereocenters. The molecule has 18 heavy (non-hydrogen) atoms. The molecule has 1 aromatic rings. The Morgan fingerprint density at radius 3 is 2.17 bits per heavy atom. The molecule has 98 valence electrons. The summed E-state index contributed by atoms with van der Waals surface area (Å²) >= 11 is 0. The Bertz CT molecular complexity index is 378. The third-order valence-corrected chi connectivity index (χ3v) is 2.23. The molecule has 0 heterocycles. The van der Waals surface area contributed by atoms with Gasteiger partial charge in [0.25, 0.3) is 0 Å². The molecule has 0 amide bonds. The fourth-order valence-corrected chi connectivity index (χ4v) is 1.44. The van der Waals surface area contributed by atoms with Gasteiger partial charge in [0.1, 0.15) is 0 Å². The summed E-state index contributed by atoms with van der Waals surface area (Å²) in [6, 6.07) is 10.4. The van der Waals surface area contributed by atoms with Gasteiger partial charge < -0.3 is 0 Å². The molecule has 0 heteroatoms. The summed E-state index contributed by atoms with van der Waals surface area (Å²) in [7, 11) is 0. The van der Waals surface area contributed by atoms with Crippen molar-refractivity contribution in [3.8, 4) is 0 Å². The highest BCUT2D eigenvalue weighted by Gasteiger charge is 1.94. The van der Waals surface area contributed by atoms with Gasteiger partial charge in [0, 0.05) is 0 Å². The van der Waals surface area contributed by atoms with Gasteiger partial charge in [-0.2, -0.15) is 0 Å². The van der Waals surface area contributed by atoms with Crippen LogP contribution >= 0.6 is 0 Å². The molecule has 0 atom stereocenters. The fourth-order valence-electron chi connectivity index (χ4n) is 1.44. The first-order chi connectivity index (χ1) is 8.74. The molecule has 0 N–H and O–H groups in total. The summed E-state index contributed by atoms with van der Waals surface area (Å²) < 4.78 is 0. The van der Waals surface area contributed by atoms with E-state index in [1.807, 2.05) is 26.8 Å². The minimum atomic E-state index is 0.596. The zero-order valence-corrected chi connectivity index (χ0v) is 12.4. The van der Waals surface area contributed by atoms with Crippen LogP contribution in [0.1, 0.15) is 40.2 Å². The van der Waals surface area contributed by atoms with Gasteiger partial charge in [-0.25, -0.2) is 0 Å². The molecule has 0 aliphatic carbocycles. The molecule has 0 nitrogen and oxygen atoms in total. The van der Waals surface area contributed by atoms with Crippen LogP contribution in [0.15, 0.2) is 60.7 Å². The molecular weight excluding hydrogens is 216 g/mol. The topological polar surface area (TPSA) is 0 Å². The zero-order chi connectivity index (χ0) is 13.8. The summed E-state index contributed by atoms with van der Waals surface area (Å²) in [6.45, 7) is 10.4. The molecule has 0 saturated heterocycles. The molecule has 0 bridgehead atoms. The largest absolute Gasteiger partial charge is 0.0870 e. The highest BCUT2D eigenvalue weighted by molar-refractivity contribution is 5.74. The van der Waals surface area contributed by atoms with E-state index in [4.69, 9.17) is 0 Å². The SMILES string of the molecule is CC.C\C=C/C(=C\C=C/C(C)C)c1ccccc1. The number of hydrogen-bond donors (Lipinski definition) is 0. The Kier molecular flexibility index (Phi) is 9.67. The molecule has 0 fully saturated rings. The van der Waals surface area contributed by atoms with Crippen molar-refractivity contribution in [2.45, 2.75) is 34.6 Å². The second-order valence-corrected chi connectivity index (χ2v) is 4.12. The van der Waals surface area contributed by atoms with Crippen molar-refractivity contribution in [1.82, 2.24) is 0 Å². The smallest absolute Gasteiger partial charge is 0.0184 e. The average molecular weight is 242 g/mol. The fraction of sp³-hybridized carbons (Fsp3) is 0.333. The van der Waals surface area contributed by atoms with E-state index >= 15 is 0 Å². The Morgan fingerprint density at radius 2 is 1.67 bits per heavy atom. The first-order valence-electron chi connectivity index (χ1n) is 6.80. The van der Waals surface area contributed by atoms with E-state index in [2.05, 4.69) is 68.5 Å². The Labute approximate surface area is 113 Å². The van der Waals surface area contributed by atoms with Gasteiger partial charge in [-0.1, -0.05) is 88.4 Å². The average Bonchev–Trinajstić information content (AvgIpc) is 2.41. The van der Waals surface area contributed by atoms with E-state index < -0.39 is 0 Å². The molecule has 0 saturated carbocycles. The van der Waals surface area contributed by atoms with Gasteiger partial charge in [-0.15, -0.1) is 0 Å². The minimum absolute atomic E-state index is 0.596. The third-order valence-electron chi connectivity index (χ3n) is 2.23. The van der Waals surface area contributed by atoms with Crippen LogP contribution in [-0.4, -0.2) is 0 Å². The van der Waals surface area contributed by atoms with Crippen LogP contribution in [0.2, 0.25) is 0 Å². The van der Waals surface area contributed by atoms with Gasteiger partial charge in [0.05, 0.1) is 0 Å². The van der Waals surface area contributed by atoms with E-state index in [1.165, 1.54) is 11.1 Å². The van der Waals surface area contributed by atoms with E-state index in [9.17, 15) is 0 Å². The number of hydrogen-bond acceptors (Lipinski definition) is 0. The van der Waals surface area contributed by atoms with Crippen LogP contribution in [0.25, 0.3) is 5.57 Å². The van der Waals surface area contributed by atoms with Gasteiger partial charge in [-0.05, 0) is 24.0 Å². The van der Waals surface area contributed by atoms with Crippen molar-refractivity contribution >= 4 is 5.57 Å². The normalized spacial score (nSPS) is 12.0. The van der Waals surface area contributed by atoms with Gasteiger partial charge in [-0.3, -0.25) is 0 Å². The number of allylic oxidation sites excluding steroid dienone is 6. The second kappa shape index (κ2) is 10.6. The molecule has 1 aromatic carbocycles. The first kappa shape index (κ1) is 16.4. The lowest BCUT2D eigenvalue weighted by Crippen LogP contribution is -1.80. The Morgan fingerprint density at radius 1 is 1.06 bits per heavy atom. The van der Waals surface area contributed by atoms with E-state index in [-0.39, 0.29) is 0 Å². The van der Waals surface area contributed by atoms with Crippen LogP contribution in [0.3, 0.4) is 0 Å². The lowest BCUT2D eigenvalue weighted by atomic mass is 10.0. The van der Waals surface area contributed by atoms with Gasteiger partial charge in [0.2, 0.25) is 0 Å². The number of benzene rings is 1. The lowest BCUT2D eigenvalue weighted by molar-refractivity contribution is 0.832. The second-order valence-electron chi connectivity index (χ2n) is 4.12. The molecule has 0 aliphatic heterocycles. The highest BCUT2D eigenvalue weighted by Crippen LogP contribution is 2.15. The summed E-state index contributed by atoms with van der Waals surface area (Å²) in [5.74, 6) is 0.596. The minimum Gasteiger partial charge on any atom is -0.0870 e. The molecule has 0 aliphatic rings. The van der Waals surface area contributed by atoms with Crippen LogP contribution in [-0.2, 0) is 0 Å². The molecule has 0 aromatic heterocycles. The summed E-state index contributed by atoms with van der Waals surface area (Å²) in [5, 5.41) is 0. The van der Waals surface area contributed by atoms with Crippen LogP contribution in [0.4, 0.5) is 0 Å². The monoisotopic (exact) mass is 242 g/mol. The Hall–Kier alpha value is -1.56. The summed E-state index contributed by atoms with van der Waals surface area (Å²) in [5.41, 5.74) is 2.51. The van der Waals surface area contributed by atoms with Crippen LogP contribution in [0.5, 0.6) is 0 Å². The standard InChI is InChI=1S/C16H20.C2H6/c1-4-9-15(13-8-10-14(2)3)16-11-6-5-7-12-16;1-2/h4-14H,1-3H3;1-2H3/b9-4-,10-8-,15-13+;. The van der Waals surface area contributed by atoms with Crippen molar-refractivity contribution in [1.29, 1.82) is 0 Å². The summed E-state index contributed by atoms with van der Waals surface area (Å²) in [6.07, 6.45) is 10.7. The third kappa shape index (κ3) is 6.90. The first-order valence-corrected chi connectivity index (χ1v) is 6.80. The molecule has 1 rings (SSSR count). The Balaban J connectivity index is 0.00000137. The quantitative estimate of drug-likeness (QED) is 0.578. The highest BCUT2D eigenvalue weighted by atomic mass is 14.0. The van der Waals surface area contributed by atoms with E-state index in [0.29, 0.717) is 5.92 Å². The maximum atomic E-state index is 2.20. The predicted octanol–water partition coefficient (Wildman–Crippen LogP) is 5.88. The van der Waals surface area contributed by atoms with Crippen LogP contribution in [0, 0.1) is 5.92 Å². The zero-order valence-electron chi connectivity index (χ0n) is 12.4. The van der Waals surface area contributed by atoms with E-state index in [0.717, 1.165) is 0 Å². The molecule has 0 spiro atoms. The maximum absolute atomic E-state index is 2.20. The maximum Gasteiger partial charge on any atom is -0.0184 e. The van der Waals surface area contributed by atoms with Crippen molar-refractivity contribution in [3.63, 3.8) is 0 Å². The summed E-state index contributed by atoms with van der Waals surface area (Å²) in [4.78, 5) is 0. The van der Waals surface area contributed by atoms with Crippen molar-refractivity contribution in [2.24, 2.45) is 5.92 Å². The van der Waals surface area contributed by atoms with Crippen molar-refractivity contribution in [3.05, 3.63) is 66.3 Å². The van der Waals surface area contributed by atoms with Crippen molar-refractivity contribution < 1.29 is 0 Å². The predicted molar refractivity (Wildman–Crippen MR) is 84.6 cm³/mol. The number of rotatable bonds is 4.